The van der Waals surface area contributed by atoms with Crippen molar-refractivity contribution in [3.05, 3.63) is 53.9 Å². The Hall–Kier alpha value is -3.06. The van der Waals surface area contributed by atoms with Gasteiger partial charge in [-0.15, -0.1) is 0 Å². The molecule has 3 aliphatic heterocycles. The van der Waals surface area contributed by atoms with Crippen molar-refractivity contribution in [3.63, 3.8) is 0 Å². The van der Waals surface area contributed by atoms with Crippen molar-refractivity contribution in [1.82, 2.24) is 19.4 Å². The van der Waals surface area contributed by atoms with Gasteiger partial charge >= 0.3 is 0 Å². The van der Waals surface area contributed by atoms with Crippen LogP contribution in [0.1, 0.15) is 30.7 Å². The first-order valence-electron chi connectivity index (χ1n) is 11.5. The highest BCUT2D eigenvalue weighted by atomic mass is 16.7. The Morgan fingerprint density at radius 2 is 1.94 bits per heavy atom. The van der Waals surface area contributed by atoms with E-state index in [0.29, 0.717) is 24.9 Å². The summed E-state index contributed by atoms with van der Waals surface area (Å²) in [5.41, 5.74) is 3.33. The molecule has 32 heavy (non-hydrogen) atoms. The summed E-state index contributed by atoms with van der Waals surface area (Å²) in [4.78, 5) is 22.3. The summed E-state index contributed by atoms with van der Waals surface area (Å²) >= 11 is 0. The second-order valence-corrected chi connectivity index (χ2v) is 9.17. The van der Waals surface area contributed by atoms with Gasteiger partial charge in [0.2, 0.25) is 12.7 Å². The number of likely N-dealkylation sites (tertiary alicyclic amines) is 2. The third-order valence-corrected chi connectivity index (χ3v) is 7.26. The number of amides is 1. The largest absolute Gasteiger partial charge is 0.454 e. The quantitative estimate of drug-likeness (QED) is 0.633. The van der Waals surface area contributed by atoms with Gasteiger partial charge in [-0.25, -0.2) is 4.98 Å². The number of ether oxygens (including phenoxy) is 2. The topological polar surface area (TPSA) is 59.8 Å². The van der Waals surface area contributed by atoms with Gasteiger partial charge in [0.25, 0.3) is 0 Å². The maximum Gasteiger partial charge on any atom is 0.231 e. The monoisotopic (exact) mass is 432 g/mol. The molecule has 0 aliphatic carbocycles. The minimum atomic E-state index is 0.271. The number of carbonyl (C=O) groups excluding carboxylic acids is 1. The van der Waals surface area contributed by atoms with E-state index >= 15 is 0 Å². The number of nitrogens with zero attached hydrogens (tertiary/aromatic N) is 4. The van der Waals surface area contributed by atoms with Gasteiger partial charge < -0.3 is 18.9 Å². The summed E-state index contributed by atoms with van der Waals surface area (Å²) in [5.74, 6) is 3.44. The Balaban J connectivity index is 1.16. The summed E-state index contributed by atoms with van der Waals surface area (Å²) in [5, 5.41) is 0. The predicted octanol–water partition coefficient (Wildman–Crippen LogP) is 3.32. The zero-order valence-electron chi connectivity index (χ0n) is 18.4. The highest BCUT2D eigenvalue weighted by Gasteiger charge is 2.39. The molecule has 2 atom stereocenters. The van der Waals surface area contributed by atoms with Crippen LogP contribution in [-0.4, -0.2) is 51.2 Å². The van der Waals surface area contributed by atoms with Crippen LogP contribution >= 0.6 is 0 Å². The third kappa shape index (κ3) is 3.41. The molecule has 166 valence electrons. The van der Waals surface area contributed by atoms with Gasteiger partial charge in [-0.05, 0) is 48.6 Å². The first-order chi connectivity index (χ1) is 15.7. The lowest BCUT2D eigenvalue weighted by molar-refractivity contribution is -0.142. The fourth-order valence-electron chi connectivity index (χ4n) is 5.55. The Bertz CT molecular complexity index is 1170. The van der Waals surface area contributed by atoms with Crippen LogP contribution in [0.3, 0.4) is 0 Å². The van der Waals surface area contributed by atoms with Gasteiger partial charge in [0.05, 0.1) is 17.6 Å². The van der Waals surface area contributed by atoms with Crippen molar-refractivity contribution < 1.29 is 14.3 Å². The number of para-hydroxylation sites is 2. The summed E-state index contributed by atoms with van der Waals surface area (Å²) in [6.45, 7) is 3.76. The van der Waals surface area contributed by atoms with E-state index < -0.39 is 0 Å². The molecule has 3 aromatic rings. The van der Waals surface area contributed by atoms with E-state index in [4.69, 9.17) is 14.5 Å². The highest BCUT2D eigenvalue weighted by Crippen LogP contribution is 2.36. The molecule has 1 amide bonds. The lowest BCUT2D eigenvalue weighted by atomic mass is 9.83. The van der Waals surface area contributed by atoms with E-state index in [9.17, 15) is 4.79 Å². The molecule has 2 fully saturated rings. The number of benzene rings is 2. The first kappa shape index (κ1) is 19.6. The van der Waals surface area contributed by atoms with Crippen LogP contribution in [-0.2, 0) is 24.9 Å². The fourth-order valence-corrected chi connectivity index (χ4v) is 5.55. The molecule has 0 saturated carbocycles. The number of imidazole rings is 1. The van der Waals surface area contributed by atoms with Crippen LogP contribution < -0.4 is 9.47 Å². The third-order valence-electron chi connectivity index (χ3n) is 7.26. The van der Waals surface area contributed by atoms with Gasteiger partial charge in [0, 0.05) is 39.1 Å². The normalized spacial score (nSPS) is 23.0. The van der Waals surface area contributed by atoms with Crippen LogP contribution in [0, 0.1) is 5.92 Å². The molecule has 7 nitrogen and oxygen atoms in total. The van der Waals surface area contributed by atoms with E-state index in [1.165, 1.54) is 5.52 Å². The van der Waals surface area contributed by atoms with Gasteiger partial charge in [0.1, 0.15) is 5.82 Å². The zero-order chi connectivity index (χ0) is 21.7. The van der Waals surface area contributed by atoms with Crippen LogP contribution in [0.15, 0.2) is 42.5 Å². The van der Waals surface area contributed by atoms with Crippen molar-refractivity contribution in [1.29, 1.82) is 0 Å². The van der Waals surface area contributed by atoms with Gasteiger partial charge in [-0.2, -0.15) is 0 Å². The number of piperidine rings is 2. The Labute approximate surface area is 187 Å². The van der Waals surface area contributed by atoms with Crippen LogP contribution in [0.2, 0.25) is 0 Å². The minimum Gasteiger partial charge on any atom is -0.454 e. The average molecular weight is 433 g/mol. The van der Waals surface area contributed by atoms with Gasteiger partial charge in [0.15, 0.2) is 11.5 Å². The van der Waals surface area contributed by atoms with Gasteiger partial charge in [-0.1, -0.05) is 18.2 Å². The van der Waals surface area contributed by atoms with E-state index in [1.807, 2.05) is 24.3 Å². The second-order valence-electron chi connectivity index (χ2n) is 9.17. The number of rotatable bonds is 4. The molecule has 0 bridgehead atoms. The molecule has 0 radical (unpaired) electrons. The molecule has 0 unspecified atom stereocenters. The molecular formula is C25H28N4O3. The first-order valence-corrected chi connectivity index (χ1v) is 11.5. The molecular weight excluding hydrogens is 404 g/mol. The number of aryl methyl sites for hydroxylation is 1. The van der Waals surface area contributed by atoms with Crippen LogP contribution in [0.5, 0.6) is 11.5 Å². The number of fused-ring (bicyclic) bond motifs is 3. The van der Waals surface area contributed by atoms with Crippen molar-refractivity contribution in [3.8, 4) is 11.5 Å². The molecule has 6 rings (SSSR count). The Morgan fingerprint density at radius 3 is 2.84 bits per heavy atom. The minimum absolute atomic E-state index is 0.271. The molecule has 0 spiro atoms. The summed E-state index contributed by atoms with van der Waals surface area (Å²) in [6, 6.07) is 14.6. The van der Waals surface area contributed by atoms with E-state index in [2.05, 4.69) is 39.6 Å². The number of aromatic nitrogens is 2. The maximum absolute atomic E-state index is 12.8. The molecule has 4 heterocycles. The van der Waals surface area contributed by atoms with Crippen molar-refractivity contribution in [2.75, 3.05) is 19.9 Å². The lowest BCUT2D eigenvalue weighted by Gasteiger charge is -2.47. The SMILES string of the molecule is Cn1c(CN2CC[C@H]3[C@H](CCC(=O)N3Cc3ccc4c(c3)OCO4)C2)nc2ccccc21. The van der Waals surface area contributed by atoms with Crippen molar-refractivity contribution in [2.24, 2.45) is 13.0 Å². The number of hydrogen-bond donors (Lipinski definition) is 0. The van der Waals surface area contributed by atoms with Crippen molar-refractivity contribution >= 4 is 16.9 Å². The average Bonchev–Trinajstić information content (AvgIpc) is 3.40. The van der Waals surface area contributed by atoms with E-state index in [1.54, 1.807) is 0 Å². The molecule has 3 aliphatic rings. The maximum atomic E-state index is 12.8. The summed E-state index contributed by atoms with van der Waals surface area (Å²) < 4.78 is 13.2. The smallest absolute Gasteiger partial charge is 0.231 e. The zero-order valence-corrected chi connectivity index (χ0v) is 18.4. The van der Waals surface area contributed by atoms with Crippen LogP contribution in [0.25, 0.3) is 11.0 Å². The summed E-state index contributed by atoms with van der Waals surface area (Å²) in [7, 11) is 2.10. The van der Waals surface area contributed by atoms with Gasteiger partial charge in [-0.3, -0.25) is 9.69 Å². The molecule has 2 saturated heterocycles. The van der Waals surface area contributed by atoms with E-state index in [-0.39, 0.29) is 12.7 Å². The molecule has 2 aromatic carbocycles. The predicted molar refractivity (Wildman–Crippen MR) is 120 cm³/mol. The molecule has 0 N–H and O–H groups in total. The Kier molecular flexibility index (Phi) is 4.79. The van der Waals surface area contributed by atoms with Crippen molar-refractivity contribution in [2.45, 2.75) is 38.4 Å². The second kappa shape index (κ2) is 7.81. The number of hydrogen-bond acceptors (Lipinski definition) is 5. The number of carbonyl (C=O) groups is 1. The molecule has 7 heteroatoms. The highest BCUT2D eigenvalue weighted by molar-refractivity contribution is 5.77. The molecule has 1 aromatic heterocycles. The Morgan fingerprint density at radius 1 is 1.06 bits per heavy atom. The van der Waals surface area contributed by atoms with Crippen LogP contribution in [0.4, 0.5) is 0 Å². The standard InChI is InChI=1S/C25H28N4O3/c1-27-21-5-3-2-4-19(21)26-24(27)15-28-11-10-20-18(14-28)7-9-25(30)29(20)13-17-6-8-22-23(12-17)32-16-31-22/h2-6,8,12,18,20H,7,9-11,13-16H2,1H3/t18-,20+/m1/s1. The summed E-state index contributed by atoms with van der Waals surface area (Å²) in [6.07, 6.45) is 2.61. The fraction of sp³-hybridized carbons (Fsp3) is 0.440. The lowest BCUT2D eigenvalue weighted by Crippen LogP contribution is -2.55. The van der Waals surface area contributed by atoms with E-state index in [0.717, 1.165) is 60.9 Å².